The highest BCUT2D eigenvalue weighted by atomic mass is 16.3. The van der Waals surface area contributed by atoms with Gasteiger partial charge in [-0.1, -0.05) is 26.0 Å². The Hall–Kier alpha value is -1.81. The van der Waals surface area contributed by atoms with Crippen molar-refractivity contribution in [2.45, 2.75) is 82.9 Å². The summed E-state index contributed by atoms with van der Waals surface area (Å²) >= 11 is 0. The van der Waals surface area contributed by atoms with Crippen LogP contribution in [0.3, 0.4) is 0 Å². The summed E-state index contributed by atoms with van der Waals surface area (Å²) in [6.07, 6.45) is 7.37. The highest BCUT2D eigenvalue weighted by Gasteiger charge is 2.55. The van der Waals surface area contributed by atoms with Gasteiger partial charge in [-0.25, -0.2) is 0 Å². The van der Waals surface area contributed by atoms with Crippen LogP contribution < -0.4 is 0 Å². The molecule has 3 heterocycles. The lowest BCUT2D eigenvalue weighted by Crippen LogP contribution is -2.65. The Bertz CT molecular complexity index is 898. The van der Waals surface area contributed by atoms with E-state index in [1.165, 1.54) is 16.5 Å². The van der Waals surface area contributed by atoms with Crippen LogP contribution in [0.15, 0.2) is 24.4 Å². The lowest BCUT2D eigenvalue weighted by atomic mass is 9.61. The molecule has 4 heteroatoms. The second-order valence-electron chi connectivity index (χ2n) is 10.1. The molecule has 28 heavy (non-hydrogen) atoms. The second kappa shape index (κ2) is 6.35. The number of piperidine rings is 2. The minimum atomic E-state index is -0.501. The number of aliphatic hydroxyl groups is 1. The van der Waals surface area contributed by atoms with E-state index in [1.807, 2.05) is 0 Å². The molecule has 2 aliphatic carbocycles. The summed E-state index contributed by atoms with van der Waals surface area (Å²) in [4.78, 5) is 19.1. The number of rotatable bonds is 4. The Morgan fingerprint density at radius 3 is 2.61 bits per heavy atom. The third-order valence-electron chi connectivity index (χ3n) is 7.73. The van der Waals surface area contributed by atoms with Crippen molar-refractivity contribution in [1.29, 1.82) is 0 Å². The van der Waals surface area contributed by atoms with Gasteiger partial charge in [0, 0.05) is 35.6 Å². The van der Waals surface area contributed by atoms with Crippen LogP contribution in [0, 0.1) is 18.8 Å². The van der Waals surface area contributed by atoms with E-state index < -0.39 is 5.60 Å². The predicted molar refractivity (Wildman–Crippen MR) is 111 cm³/mol. The number of carbonyl (C=O) groups excluding carboxylic acids is 1. The number of aryl methyl sites for hydroxylation is 1. The zero-order valence-electron chi connectivity index (χ0n) is 17.2. The molecule has 1 amide bonds. The molecule has 150 valence electrons. The molecule has 1 aromatic heterocycles. The Balaban J connectivity index is 1.42. The number of H-pyrrole nitrogens is 1. The molecule has 4 aliphatic rings. The quantitative estimate of drug-likeness (QED) is 0.820. The van der Waals surface area contributed by atoms with Crippen LogP contribution in [0.1, 0.15) is 69.4 Å². The summed E-state index contributed by atoms with van der Waals surface area (Å²) in [6.45, 7) is 6.61. The van der Waals surface area contributed by atoms with Crippen molar-refractivity contribution in [1.82, 2.24) is 9.88 Å². The summed E-state index contributed by atoms with van der Waals surface area (Å²) in [5, 5.41) is 12.1. The van der Waals surface area contributed by atoms with E-state index in [0.717, 1.165) is 37.6 Å². The normalized spacial score (nSPS) is 32.5. The van der Waals surface area contributed by atoms with E-state index in [4.69, 9.17) is 0 Å². The summed E-state index contributed by atoms with van der Waals surface area (Å²) < 4.78 is 0. The fourth-order valence-electron chi connectivity index (χ4n) is 6.68. The van der Waals surface area contributed by atoms with E-state index in [0.29, 0.717) is 24.2 Å². The number of hydrogen-bond donors (Lipinski definition) is 2. The lowest BCUT2D eigenvalue weighted by Gasteiger charge is -2.59. The highest BCUT2D eigenvalue weighted by Crippen LogP contribution is 2.51. The smallest absolute Gasteiger partial charge is 0.223 e. The minimum absolute atomic E-state index is 0.211. The zero-order valence-corrected chi connectivity index (χ0v) is 17.2. The number of carbonyl (C=O) groups is 1. The molecule has 4 nitrogen and oxygen atoms in total. The Morgan fingerprint density at radius 1 is 1.25 bits per heavy atom. The third-order valence-corrected chi connectivity index (χ3v) is 7.73. The van der Waals surface area contributed by atoms with Gasteiger partial charge in [-0.15, -0.1) is 0 Å². The monoisotopic (exact) mass is 380 g/mol. The Kier molecular flexibility index (Phi) is 4.13. The fourth-order valence-corrected chi connectivity index (χ4v) is 6.68. The van der Waals surface area contributed by atoms with Crippen molar-refractivity contribution in [2.24, 2.45) is 11.8 Å². The molecule has 4 bridgehead atoms. The molecule has 3 unspecified atom stereocenters. The molecule has 1 aromatic carbocycles. The molecule has 0 radical (unpaired) electrons. The first-order valence-corrected chi connectivity index (χ1v) is 10.9. The molecule has 2 aromatic rings. The first-order valence-electron chi connectivity index (χ1n) is 10.9. The van der Waals surface area contributed by atoms with E-state index >= 15 is 0 Å². The predicted octanol–water partition coefficient (Wildman–Crippen LogP) is 4.51. The summed E-state index contributed by atoms with van der Waals surface area (Å²) in [7, 11) is 0. The fraction of sp³-hybridized carbons (Fsp3) is 0.625. The lowest BCUT2D eigenvalue weighted by molar-refractivity contribution is -0.175. The van der Waals surface area contributed by atoms with Crippen LogP contribution >= 0.6 is 0 Å². The maximum absolute atomic E-state index is 13.5. The maximum atomic E-state index is 13.5. The van der Waals surface area contributed by atoms with Crippen LogP contribution in [0.5, 0.6) is 0 Å². The molecule has 2 saturated carbocycles. The number of nitrogens with one attached hydrogen (secondary N) is 1. The number of amides is 1. The van der Waals surface area contributed by atoms with Gasteiger partial charge in [0.15, 0.2) is 0 Å². The van der Waals surface area contributed by atoms with Crippen LogP contribution in [0.2, 0.25) is 0 Å². The van der Waals surface area contributed by atoms with Gasteiger partial charge in [-0.2, -0.15) is 0 Å². The molecule has 3 atom stereocenters. The maximum Gasteiger partial charge on any atom is 0.223 e. The van der Waals surface area contributed by atoms with Gasteiger partial charge in [0.1, 0.15) is 0 Å². The van der Waals surface area contributed by atoms with Crippen LogP contribution in [0.4, 0.5) is 0 Å². The second-order valence-corrected chi connectivity index (χ2v) is 10.1. The van der Waals surface area contributed by atoms with E-state index in [2.05, 4.69) is 55.1 Å². The van der Waals surface area contributed by atoms with Gasteiger partial charge >= 0.3 is 0 Å². The van der Waals surface area contributed by atoms with Crippen molar-refractivity contribution in [3.63, 3.8) is 0 Å². The molecular formula is C24H32N2O2. The first kappa shape index (κ1) is 18.2. The van der Waals surface area contributed by atoms with Gasteiger partial charge in [-0.05, 0) is 74.0 Å². The standard InChI is InChI=1S/C24H32N2O2/c1-14(2)19(20-13-25-21-6-4-5-15(3)23(20)21)9-22(27)26-17-7-16-8-18(26)12-24(28,10-16)11-17/h4-6,13-14,16-19,25,28H,7-12H2,1-3H3. The Labute approximate surface area is 167 Å². The molecule has 4 fully saturated rings. The summed E-state index contributed by atoms with van der Waals surface area (Å²) in [6, 6.07) is 6.86. The van der Waals surface area contributed by atoms with E-state index in [-0.39, 0.29) is 18.0 Å². The van der Waals surface area contributed by atoms with Crippen LogP contribution in [-0.4, -0.2) is 38.6 Å². The highest BCUT2D eigenvalue weighted by molar-refractivity contribution is 5.88. The number of aromatic nitrogens is 1. The average Bonchev–Trinajstić information content (AvgIpc) is 3.02. The third kappa shape index (κ3) is 2.80. The number of benzene rings is 1. The minimum Gasteiger partial charge on any atom is -0.390 e. The summed E-state index contributed by atoms with van der Waals surface area (Å²) in [5.74, 6) is 1.51. The van der Waals surface area contributed by atoms with Crippen molar-refractivity contribution in [3.05, 3.63) is 35.5 Å². The SMILES string of the molecule is Cc1cccc2[nH]cc(C(CC(=O)N3C4CC5CC3CC(O)(C5)C4)C(C)C)c12. The van der Waals surface area contributed by atoms with Crippen molar-refractivity contribution < 1.29 is 9.90 Å². The van der Waals surface area contributed by atoms with Gasteiger partial charge < -0.3 is 15.0 Å². The molecule has 2 N–H and O–H groups in total. The topological polar surface area (TPSA) is 56.3 Å². The number of aromatic amines is 1. The molecule has 0 spiro atoms. The van der Waals surface area contributed by atoms with Crippen molar-refractivity contribution >= 4 is 16.8 Å². The average molecular weight is 381 g/mol. The summed E-state index contributed by atoms with van der Waals surface area (Å²) in [5.41, 5.74) is 3.20. The van der Waals surface area contributed by atoms with Gasteiger partial charge in [0.05, 0.1) is 5.60 Å². The molecule has 2 aliphatic heterocycles. The first-order chi connectivity index (χ1) is 13.3. The molecule has 6 rings (SSSR count). The number of hydrogen-bond acceptors (Lipinski definition) is 2. The van der Waals surface area contributed by atoms with E-state index in [9.17, 15) is 9.90 Å². The van der Waals surface area contributed by atoms with E-state index in [1.54, 1.807) is 0 Å². The van der Waals surface area contributed by atoms with Gasteiger partial charge in [0.2, 0.25) is 5.91 Å². The van der Waals surface area contributed by atoms with Crippen molar-refractivity contribution in [2.75, 3.05) is 0 Å². The Morgan fingerprint density at radius 2 is 1.96 bits per heavy atom. The number of nitrogens with zero attached hydrogens (tertiary/aromatic N) is 1. The van der Waals surface area contributed by atoms with Gasteiger partial charge in [0.25, 0.3) is 0 Å². The largest absolute Gasteiger partial charge is 0.390 e. The van der Waals surface area contributed by atoms with Crippen LogP contribution in [-0.2, 0) is 4.79 Å². The zero-order chi connectivity index (χ0) is 19.6. The molecule has 2 saturated heterocycles. The van der Waals surface area contributed by atoms with Gasteiger partial charge in [-0.3, -0.25) is 4.79 Å². The van der Waals surface area contributed by atoms with Crippen LogP contribution in [0.25, 0.3) is 10.9 Å². The number of fused-ring (bicyclic) bond motifs is 1. The van der Waals surface area contributed by atoms with Crippen molar-refractivity contribution in [3.8, 4) is 0 Å². The molecular weight excluding hydrogens is 348 g/mol.